The Morgan fingerprint density at radius 1 is 1.46 bits per heavy atom. The number of ether oxygens (including phenoxy) is 1. The van der Waals surface area contributed by atoms with E-state index in [0.717, 1.165) is 19.3 Å². The van der Waals surface area contributed by atoms with Gasteiger partial charge in [-0.25, -0.2) is 0 Å². The summed E-state index contributed by atoms with van der Waals surface area (Å²) in [5, 5.41) is 3.58. The van der Waals surface area contributed by atoms with Gasteiger partial charge < -0.3 is 10.1 Å². The summed E-state index contributed by atoms with van der Waals surface area (Å²) < 4.78 is 5.37. The smallest absolute Gasteiger partial charge is 0.0545 e. The highest BCUT2D eigenvalue weighted by Crippen LogP contribution is 2.38. The molecule has 0 spiro atoms. The Kier molecular flexibility index (Phi) is 2.89. The van der Waals surface area contributed by atoms with Crippen LogP contribution < -0.4 is 5.32 Å². The van der Waals surface area contributed by atoms with Crippen molar-refractivity contribution < 1.29 is 4.74 Å². The molecule has 76 valence electrons. The van der Waals surface area contributed by atoms with Gasteiger partial charge in [-0.05, 0) is 32.2 Å². The first-order valence-electron chi connectivity index (χ1n) is 5.66. The summed E-state index contributed by atoms with van der Waals surface area (Å²) in [5.74, 6) is 0. The fourth-order valence-corrected chi connectivity index (χ4v) is 2.74. The Hall–Kier alpha value is -0.0800. The first-order chi connectivity index (χ1) is 6.35. The highest BCUT2D eigenvalue weighted by molar-refractivity contribution is 4.91. The third kappa shape index (κ3) is 2.05. The molecule has 0 aromatic heterocycles. The third-order valence-corrected chi connectivity index (χ3v) is 3.44. The third-order valence-electron chi connectivity index (χ3n) is 3.44. The molecule has 2 heterocycles. The lowest BCUT2D eigenvalue weighted by atomic mass is 9.76. The van der Waals surface area contributed by atoms with Crippen LogP contribution in [0, 0.1) is 5.41 Å². The van der Waals surface area contributed by atoms with E-state index < -0.39 is 0 Å². The predicted octanol–water partition coefficient (Wildman–Crippen LogP) is 1.95. The van der Waals surface area contributed by atoms with Crippen molar-refractivity contribution in [2.24, 2.45) is 5.41 Å². The lowest BCUT2D eigenvalue weighted by Crippen LogP contribution is -2.46. The van der Waals surface area contributed by atoms with Crippen molar-refractivity contribution in [2.45, 2.75) is 45.1 Å². The molecular weight excluding hydrogens is 162 g/mol. The standard InChI is InChI=1S/C11H21NO/c1-2-5-11(8-13-9-11)7-10-4-3-6-12-10/h10,12H,2-9H2,1H3. The topological polar surface area (TPSA) is 21.3 Å². The fraction of sp³-hybridized carbons (Fsp3) is 1.00. The molecule has 2 fully saturated rings. The molecule has 1 N–H and O–H groups in total. The molecule has 0 saturated carbocycles. The molecule has 2 rings (SSSR count). The summed E-state index contributed by atoms with van der Waals surface area (Å²) in [6, 6.07) is 0.787. The van der Waals surface area contributed by atoms with Crippen LogP contribution in [0.4, 0.5) is 0 Å². The van der Waals surface area contributed by atoms with Crippen molar-refractivity contribution >= 4 is 0 Å². The van der Waals surface area contributed by atoms with E-state index in [0.29, 0.717) is 5.41 Å². The summed E-state index contributed by atoms with van der Waals surface area (Å²) in [7, 11) is 0. The van der Waals surface area contributed by atoms with E-state index in [9.17, 15) is 0 Å². The Morgan fingerprint density at radius 2 is 2.31 bits per heavy atom. The summed E-state index contributed by atoms with van der Waals surface area (Å²) in [4.78, 5) is 0. The first-order valence-corrected chi connectivity index (χ1v) is 5.66. The molecule has 0 bridgehead atoms. The predicted molar refractivity (Wildman–Crippen MR) is 53.8 cm³/mol. The lowest BCUT2D eigenvalue weighted by molar-refractivity contribution is -0.125. The zero-order valence-corrected chi connectivity index (χ0v) is 8.64. The second-order valence-electron chi connectivity index (χ2n) is 4.74. The van der Waals surface area contributed by atoms with Gasteiger partial charge in [-0.15, -0.1) is 0 Å². The first kappa shape index (κ1) is 9.47. The second-order valence-corrected chi connectivity index (χ2v) is 4.74. The minimum absolute atomic E-state index is 0.552. The number of hydrogen-bond donors (Lipinski definition) is 1. The van der Waals surface area contributed by atoms with Crippen molar-refractivity contribution in [3.05, 3.63) is 0 Å². The average molecular weight is 183 g/mol. The van der Waals surface area contributed by atoms with E-state index in [2.05, 4.69) is 12.2 Å². The molecule has 0 aliphatic carbocycles. The maximum absolute atomic E-state index is 5.37. The number of nitrogens with one attached hydrogen (secondary N) is 1. The van der Waals surface area contributed by atoms with E-state index in [1.165, 1.54) is 38.6 Å². The largest absolute Gasteiger partial charge is 0.380 e. The Labute approximate surface area is 81.0 Å². The molecule has 0 aromatic rings. The van der Waals surface area contributed by atoms with E-state index in [1.54, 1.807) is 0 Å². The zero-order valence-electron chi connectivity index (χ0n) is 8.64. The van der Waals surface area contributed by atoms with Crippen LogP contribution in [0.5, 0.6) is 0 Å². The summed E-state index contributed by atoms with van der Waals surface area (Å²) >= 11 is 0. The van der Waals surface area contributed by atoms with Crippen LogP contribution in [0.25, 0.3) is 0 Å². The molecule has 2 aliphatic rings. The van der Waals surface area contributed by atoms with Crippen LogP contribution in [0.2, 0.25) is 0 Å². The fourth-order valence-electron chi connectivity index (χ4n) is 2.74. The van der Waals surface area contributed by atoms with E-state index in [1.807, 2.05) is 0 Å². The van der Waals surface area contributed by atoms with Gasteiger partial charge in [0.1, 0.15) is 0 Å². The van der Waals surface area contributed by atoms with Crippen molar-refractivity contribution in [1.82, 2.24) is 5.32 Å². The monoisotopic (exact) mass is 183 g/mol. The molecule has 0 aromatic carbocycles. The van der Waals surface area contributed by atoms with Gasteiger partial charge in [0.2, 0.25) is 0 Å². The van der Waals surface area contributed by atoms with Gasteiger partial charge in [-0.2, -0.15) is 0 Å². The molecule has 1 unspecified atom stereocenters. The van der Waals surface area contributed by atoms with Gasteiger partial charge in [0.25, 0.3) is 0 Å². The van der Waals surface area contributed by atoms with Crippen LogP contribution in [0.1, 0.15) is 39.0 Å². The van der Waals surface area contributed by atoms with Crippen molar-refractivity contribution in [3.63, 3.8) is 0 Å². The minimum Gasteiger partial charge on any atom is -0.380 e. The Morgan fingerprint density at radius 3 is 2.77 bits per heavy atom. The summed E-state index contributed by atoms with van der Waals surface area (Å²) in [5.41, 5.74) is 0.552. The maximum Gasteiger partial charge on any atom is 0.0545 e. The van der Waals surface area contributed by atoms with Crippen LogP contribution in [0.3, 0.4) is 0 Å². The van der Waals surface area contributed by atoms with Gasteiger partial charge in [-0.3, -0.25) is 0 Å². The number of rotatable bonds is 4. The molecule has 13 heavy (non-hydrogen) atoms. The van der Waals surface area contributed by atoms with E-state index in [4.69, 9.17) is 4.74 Å². The molecular formula is C11H21NO. The van der Waals surface area contributed by atoms with Crippen molar-refractivity contribution in [2.75, 3.05) is 19.8 Å². The summed E-state index contributed by atoms with van der Waals surface area (Å²) in [6.45, 7) is 5.54. The molecule has 2 saturated heterocycles. The van der Waals surface area contributed by atoms with Gasteiger partial charge in [0.15, 0.2) is 0 Å². The average Bonchev–Trinajstić information content (AvgIpc) is 2.53. The lowest BCUT2D eigenvalue weighted by Gasteiger charge is -2.43. The molecule has 2 aliphatic heterocycles. The normalized spacial score (nSPS) is 31.6. The molecule has 1 atom stereocenters. The van der Waals surface area contributed by atoms with Crippen LogP contribution in [-0.4, -0.2) is 25.8 Å². The van der Waals surface area contributed by atoms with Gasteiger partial charge in [0.05, 0.1) is 13.2 Å². The van der Waals surface area contributed by atoms with E-state index >= 15 is 0 Å². The van der Waals surface area contributed by atoms with Crippen LogP contribution >= 0.6 is 0 Å². The summed E-state index contributed by atoms with van der Waals surface area (Å²) in [6.07, 6.45) is 6.75. The molecule has 0 radical (unpaired) electrons. The van der Waals surface area contributed by atoms with Crippen LogP contribution in [-0.2, 0) is 4.74 Å². The minimum atomic E-state index is 0.552. The molecule has 2 nitrogen and oxygen atoms in total. The second kappa shape index (κ2) is 3.97. The highest BCUT2D eigenvalue weighted by atomic mass is 16.5. The quantitative estimate of drug-likeness (QED) is 0.719. The SMILES string of the molecule is CCCC1(CC2CCCN2)COC1. The van der Waals surface area contributed by atoms with Gasteiger partial charge in [0, 0.05) is 11.5 Å². The van der Waals surface area contributed by atoms with Gasteiger partial charge in [-0.1, -0.05) is 13.3 Å². The van der Waals surface area contributed by atoms with Crippen molar-refractivity contribution in [1.29, 1.82) is 0 Å². The van der Waals surface area contributed by atoms with Crippen molar-refractivity contribution in [3.8, 4) is 0 Å². The van der Waals surface area contributed by atoms with Gasteiger partial charge >= 0.3 is 0 Å². The van der Waals surface area contributed by atoms with Crippen LogP contribution in [0.15, 0.2) is 0 Å². The Balaban J connectivity index is 1.82. The Bertz CT molecular complexity index is 159. The zero-order chi connectivity index (χ0) is 9.15. The highest BCUT2D eigenvalue weighted by Gasteiger charge is 2.39. The molecule has 2 heteroatoms. The molecule has 0 amide bonds. The number of hydrogen-bond acceptors (Lipinski definition) is 2. The maximum atomic E-state index is 5.37. The van der Waals surface area contributed by atoms with E-state index in [-0.39, 0.29) is 0 Å².